The molecule has 0 aliphatic rings. The van der Waals surface area contributed by atoms with Crippen molar-refractivity contribution in [1.82, 2.24) is 5.06 Å². The van der Waals surface area contributed by atoms with E-state index in [9.17, 15) is 9.90 Å². The first-order valence-corrected chi connectivity index (χ1v) is 3.44. The number of terminal acetylenes is 1. The minimum absolute atomic E-state index is 0.0389. The summed E-state index contributed by atoms with van der Waals surface area (Å²) in [6, 6.07) is 7.52. The van der Waals surface area contributed by atoms with E-state index in [0.29, 0.717) is 0 Å². The molecule has 1 aromatic carbocycles. The molecule has 0 aliphatic heterocycles. The molecule has 1 amide bonds. The summed E-state index contributed by atoms with van der Waals surface area (Å²) in [6.07, 6.45) is 4.78. The summed E-state index contributed by atoms with van der Waals surface area (Å²) in [5.74, 6) is -1.05. The normalized spacial score (nSPS) is 8.92. The number of carbonyl (C=O) groups is 1. The summed E-state index contributed by atoms with van der Waals surface area (Å²) < 4.78 is 0. The lowest BCUT2D eigenvalue weighted by atomic mass is 10.2. The maximum Gasteiger partial charge on any atom is 0.293 e. The predicted molar refractivity (Wildman–Crippen MR) is 44.9 cm³/mol. The molecule has 13 heavy (non-hydrogen) atoms. The van der Waals surface area contributed by atoms with E-state index < -0.39 is 5.91 Å². The largest absolute Gasteiger partial charge is 0.507 e. The average Bonchev–Trinajstić information content (AvgIpc) is 2.16. The highest BCUT2D eigenvalue weighted by Crippen LogP contribution is 2.16. The summed E-state index contributed by atoms with van der Waals surface area (Å²) in [5, 5.41) is 18.1. The maximum atomic E-state index is 11.2. The average molecular weight is 177 g/mol. The molecule has 0 fully saturated rings. The van der Waals surface area contributed by atoms with Crippen molar-refractivity contribution in [3.63, 3.8) is 0 Å². The van der Waals surface area contributed by atoms with Gasteiger partial charge in [0, 0.05) is 6.04 Å². The molecule has 4 heteroatoms. The molecule has 0 spiro atoms. The van der Waals surface area contributed by atoms with Crippen molar-refractivity contribution in [2.24, 2.45) is 0 Å². The predicted octanol–water partition coefficient (Wildman–Crippen LogP) is 0.814. The lowest BCUT2D eigenvalue weighted by Gasteiger charge is -2.07. The Labute approximate surface area is 75.0 Å². The second-order valence-electron chi connectivity index (χ2n) is 2.26. The van der Waals surface area contributed by atoms with Crippen LogP contribution in [-0.4, -0.2) is 21.3 Å². The van der Waals surface area contributed by atoms with E-state index in [1.54, 1.807) is 18.2 Å². The second kappa shape index (κ2) is 3.61. The molecule has 0 aliphatic carbocycles. The van der Waals surface area contributed by atoms with E-state index in [2.05, 4.69) is 0 Å². The second-order valence-corrected chi connectivity index (χ2v) is 2.26. The molecule has 0 bridgehead atoms. The van der Waals surface area contributed by atoms with Gasteiger partial charge in [-0.25, -0.2) is 0 Å². The summed E-state index contributed by atoms with van der Waals surface area (Å²) in [4.78, 5) is 11.2. The monoisotopic (exact) mass is 177 g/mol. The van der Waals surface area contributed by atoms with Crippen molar-refractivity contribution in [2.75, 3.05) is 0 Å². The molecule has 66 valence electrons. The van der Waals surface area contributed by atoms with Gasteiger partial charge in [0.1, 0.15) is 5.75 Å². The number of hydrogen-bond donors (Lipinski definition) is 2. The fraction of sp³-hybridized carbons (Fsp3) is 0. The summed E-state index contributed by atoms with van der Waals surface area (Å²) >= 11 is 0. The van der Waals surface area contributed by atoms with Crippen LogP contribution in [0.3, 0.4) is 0 Å². The van der Waals surface area contributed by atoms with Crippen LogP contribution in [0.25, 0.3) is 0 Å². The molecular formula is C9H7NO3. The van der Waals surface area contributed by atoms with Crippen LogP contribution in [0.4, 0.5) is 0 Å². The van der Waals surface area contributed by atoms with E-state index in [-0.39, 0.29) is 16.4 Å². The molecule has 0 radical (unpaired) electrons. The van der Waals surface area contributed by atoms with E-state index in [1.807, 2.05) is 0 Å². The first-order valence-electron chi connectivity index (χ1n) is 3.44. The Kier molecular flexibility index (Phi) is 2.52. The van der Waals surface area contributed by atoms with Crippen molar-refractivity contribution >= 4 is 5.91 Å². The number of hydroxylamine groups is 2. The van der Waals surface area contributed by atoms with E-state index >= 15 is 0 Å². The Balaban J connectivity index is 3.04. The molecule has 4 nitrogen and oxygen atoms in total. The third kappa shape index (κ3) is 1.78. The van der Waals surface area contributed by atoms with Gasteiger partial charge in [0.25, 0.3) is 5.91 Å². The minimum Gasteiger partial charge on any atom is -0.507 e. The van der Waals surface area contributed by atoms with Crippen LogP contribution in [0.1, 0.15) is 10.4 Å². The zero-order valence-corrected chi connectivity index (χ0v) is 6.64. The lowest BCUT2D eigenvalue weighted by Crippen LogP contribution is -2.21. The van der Waals surface area contributed by atoms with Gasteiger partial charge in [0.05, 0.1) is 5.56 Å². The fourth-order valence-electron chi connectivity index (χ4n) is 0.827. The first kappa shape index (κ1) is 9.10. The number of rotatable bonds is 1. The number of hydrogen-bond acceptors (Lipinski definition) is 3. The zero-order valence-electron chi connectivity index (χ0n) is 6.64. The molecule has 0 unspecified atom stereocenters. The van der Waals surface area contributed by atoms with Gasteiger partial charge in [0.2, 0.25) is 0 Å². The number of phenolic OH excluding ortho intramolecular Hbond substituents is 1. The topological polar surface area (TPSA) is 60.8 Å². The number of amides is 1. The van der Waals surface area contributed by atoms with Gasteiger partial charge >= 0.3 is 0 Å². The highest BCUT2D eigenvalue weighted by molar-refractivity contribution is 5.96. The molecule has 0 aromatic heterocycles. The molecular weight excluding hydrogens is 170 g/mol. The standard InChI is InChI=1S/C9H7NO3/c1-2-10(13)9(12)7-5-3-4-6-8(7)11/h1,3-6,11,13H. The third-order valence-electron chi connectivity index (χ3n) is 1.45. The van der Waals surface area contributed by atoms with Crippen LogP contribution in [0.2, 0.25) is 0 Å². The Morgan fingerprint density at radius 1 is 1.46 bits per heavy atom. The SMILES string of the molecule is C#CN(O)C(=O)c1ccccc1O. The highest BCUT2D eigenvalue weighted by Gasteiger charge is 2.14. The zero-order chi connectivity index (χ0) is 9.84. The van der Waals surface area contributed by atoms with Crippen LogP contribution in [0.5, 0.6) is 5.75 Å². The van der Waals surface area contributed by atoms with Gasteiger partial charge < -0.3 is 5.11 Å². The van der Waals surface area contributed by atoms with Crippen molar-refractivity contribution in [3.05, 3.63) is 29.8 Å². The van der Waals surface area contributed by atoms with Gasteiger partial charge in [-0.15, -0.1) is 5.06 Å². The smallest absolute Gasteiger partial charge is 0.293 e. The van der Waals surface area contributed by atoms with Crippen LogP contribution in [0.15, 0.2) is 24.3 Å². The van der Waals surface area contributed by atoms with Crippen LogP contribution >= 0.6 is 0 Å². The van der Waals surface area contributed by atoms with Gasteiger partial charge in [0.15, 0.2) is 0 Å². The molecule has 0 atom stereocenters. The molecule has 0 saturated carbocycles. The Bertz CT molecular complexity index is 367. The van der Waals surface area contributed by atoms with E-state index in [0.717, 1.165) is 0 Å². The molecule has 0 heterocycles. The van der Waals surface area contributed by atoms with Crippen molar-refractivity contribution in [1.29, 1.82) is 0 Å². The summed E-state index contributed by atoms with van der Waals surface area (Å²) in [7, 11) is 0. The number of benzene rings is 1. The number of phenols is 1. The van der Waals surface area contributed by atoms with Crippen LogP contribution in [-0.2, 0) is 0 Å². The fourth-order valence-corrected chi connectivity index (χ4v) is 0.827. The van der Waals surface area contributed by atoms with E-state index in [4.69, 9.17) is 11.6 Å². The molecule has 2 N–H and O–H groups in total. The lowest BCUT2D eigenvalue weighted by molar-refractivity contribution is -0.0118. The number of nitrogens with zero attached hydrogens (tertiary/aromatic N) is 1. The Morgan fingerprint density at radius 2 is 2.08 bits per heavy atom. The Hall–Kier alpha value is -1.99. The first-order chi connectivity index (χ1) is 6.16. The van der Waals surface area contributed by atoms with Crippen LogP contribution < -0.4 is 0 Å². The summed E-state index contributed by atoms with van der Waals surface area (Å²) in [6.45, 7) is 0. The van der Waals surface area contributed by atoms with Crippen LogP contribution in [0, 0.1) is 12.5 Å². The van der Waals surface area contributed by atoms with Crippen molar-refractivity contribution < 1.29 is 15.1 Å². The molecule has 1 aromatic rings. The highest BCUT2D eigenvalue weighted by atomic mass is 16.5. The Morgan fingerprint density at radius 3 is 2.62 bits per heavy atom. The quantitative estimate of drug-likeness (QED) is 0.289. The van der Waals surface area contributed by atoms with Gasteiger partial charge in [-0.2, -0.15) is 0 Å². The van der Waals surface area contributed by atoms with Crippen molar-refractivity contribution in [3.8, 4) is 18.2 Å². The van der Waals surface area contributed by atoms with Gasteiger partial charge in [-0.3, -0.25) is 10.0 Å². The molecule has 0 saturated heterocycles. The van der Waals surface area contributed by atoms with Gasteiger partial charge in [-0.05, 0) is 12.1 Å². The number of para-hydroxylation sites is 1. The van der Waals surface area contributed by atoms with E-state index in [1.165, 1.54) is 12.1 Å². The third-order valence-corrected chi connectivity index (χ3v) is 1.45. The summed E-state index contributed by atoms with van der Waals surface area (Å²) in [5.41, 5.74) is -0.0389. The van der Waals surface area contributed by atoms with Gasteiger partial charge in [-0.1, -0.05) is 18.6 Å². The number of aromatic hydroxyl groups is 1. The number of carbonyl (C=O) groups excluding carboxylic acids is 1. The van der Waals surface area contributed by atoms with Crippen molar-refractivity contribution in [2.45, 2.75) is 0 Å². The molecule has 1 rings (SSSR count). The maximum absolute atomic E-state index is 11.2. The minimum atomic E-state index is -0.833.